The lowest BCUT2D eigenvalue weighted by Crippen LogP contribution is -2.37. The van der Waals surface area contributed by atoms with Crippen LogP contribution in [0.4, 0.5) is 14.9 Å². The number of rotatable bonds is 6. The van der Waals surface area contributed by atoms with Gasteiger partial charge in [0.1, 0.15) is 5.82 Å². The van der Waals surface area contributed by atoms with Crippen LogP contribution in [0.15, 0.2) is 73.2 Å². The third-order valence-corrected chi connectivity index (χ3v) is 7.28. The molecule has 3 amide bonds. The summed E-state index contributed by atoms with van der Waals surface area (Å²) in [5.74, 6) is -1.38. The Balaban J connectivity index is 1.51. The van der Waals surface area contributed by atoms with Crippen LogP contribution >= 0.6 is 0 Å². The molecule has 0 saturated carbocycles. The van der Waals surface area contributed by atoms with Crippen LogP contribution in [0, 0.1) is 5.82 Å². The first-order valence-corrected chi connectivity index (χ1v) is 13.6. The fourth-order valence-corrected chi connectivity index (χ4v) is 5.24. The Morgan fingerprint density at radius 1 is 1.14 bits per heavy atom. The number of fused-ring (bicyclic) bond motifs is 3. The van der Waals surface area contributed by atoms with E-state index in [1.165, 1.54) is 40.3 Å². The van der Waals surface area contributed by atoms with E-state index in [0.29, 0.717) is 23.5 Å². The van der Waals surface area contributed by atoms with Crippen molar-refractivity contribution in [2.75, 3.05) is 25.1 Å². The summed E-state index contributed by atoms with van der Waals surface area (Å²) in [5, 5.41) is 3.75. The van der Waals surface area contributed by atoms with Gasteiger partial charge in [0, 0.05) is 66.3 Å². The van der Waals surface area contributed by atoms with E-state index in [4.69, 9.17) is 4.74 Å². The number of carbonyl (C=O) groups is 3. The number of urea groups is 1. The van der Waals surface area contributed by atoms with Gasteiger partial charge in [-0.15, -0.1) is 0 Å². The van der Waals surface area contributed by atoms with Crippen LogP contribution < -0.4 is 10.2 Å². The quantitative estimate of drug-likeness (QED) is 0.303. The second-order valence-electron chi connectivity index (χ2n) is 10.8. The van der Waals surface area contributed by atoms with E-state index >= 15 is 0 Å². The lowest BCUT2D eigenvalue weighted by Gasteiger charge is -2.29. The molecule has 0 atom stereocenters. The lowest BCUT2D eigenvalue weighted by atomic mass is 9.81. The normalized spacial score (nSPS) is 14.0. The number of nitrogens with one attached hydrogen (secondary N) is 2. The van der Waals surface area contributed by atoms with Gasteiger partial charge in [0.25, 0.3) is 5.91 Å². The van der Waals surface area contributed by atoms with Crippen molar-refractivity contribution in [2.45, 2.75) is 32.7 Å². The third kappa shape index (κ3) is 5.60. The van der Waals surface area contributed by atoms with E-state index in [1.54, 1.807) is 26.4 Å². The first-order valence-electron chi connectivity index (χ1n) is 13.6. The molecule has 0 spiro atoms. The Hall–Kier alpha value is -4.99. The minimum absolute atomic E-state index is 0.157. The van der Waals surface area contributed by atoms with E-state index in [-0.39, 0.29) is 30.7 Å². The number of ether oxygens (including phenoxy) is 1. The number of carbonyl (C=O) groups excluding carboxylic acids is 3. The summed E-state index contributed by atoms with van der Waals surface area (Å²) in [6.45, 7) is 6.46. The van der Waals surface area contributed by atoms with E-state index in [0.717, 1.165) is 22.0 Å². The van der Waals surface area contributed by atoms with E-state index < -0.39 is 17.2 Å². The second kappa shape index (κ2) is 11.5. The predicted octanol–water partition coefficient (Wildman–Crippen LogP) is 5.39. The van der Waals surface area contributed by atoms with E-state index in [2.05, 4.69) is 15.3 Å². The van der Waals surface area contributed by atoms with Gasteiger partial charge < -0.3 is 19.9 Å². The minimum Gasteiger partial charge on any atom is -0.462 e. The predicted molar refractivity (Wildman–Crippen MR) is 158 cm³/mol. The highest BCUT2D eigenvalue weighted by molar-refractivity contribution is 6.18. The minimum atomic E-state index is -0.609. The van der Waals surface area contributed by atoms with Crippen LogP contribution in [-0.4, -0.2) is 53.0 Å². The van der Waals surface area contributed by atoms with Crippen molar-refractivity contribution in [1.29, 1.82) is 0 Å². The number of nitrogens with zero attached hydrogens (tertiary/aromatic N) is 3. The Bertz CT molecular complexity index is 1680. The maximum absolute atomic E-state index is 13.5. The molecule has 5 rings (SSSR count). The van der Waals surface area contributed by atoms with Crippen LogP contribution in [0.5, 0.6) is 0 Å². The molecule has 0 saturated heterocycles. The molecule has 0 radical (unpaired) electrons. The summed E-state index contributed by atoms with van der Waals surface area (Å²) in [4.78, 5) is 50.1. The van der Waals surface area contributed by atoms with Crippen molar-refractivity contribution < 1.29 is 23.5 Å². The van der Waals surface area contributed by atoms with Crippen LogP contribution in [0.25, 0.3) is 16.5 Å². The molecular formula is C32H32FN5O4. The van der Waals surface area contributed by atoms with Gasteiger partial charge in [-0.2, -0.15) is 0 Å². The molecule has 1 aliphatic heterocycles. The van der Waals surface area contributed by atoms with Gasteiger partial charge in [-0.25, -0.2) is 14.0 Å². The first kappa shape index (κ1) is 28.5. The van der Waals surface area contributed by atoms with Crippen molar-refractivity contribution in [3.8, 4) is 0 Å². The molecule has 42 heavy (non-hydrogen) atoms. The van der Waals surface area contributed by atoms with Gasteiger partial charge >= 0.3 is 12.0 Å². The second-order valence-corrected chi connectivity index (χ2v) is 10.8. The molecule has 2 N–H and O–H groups in total. The maximum Gasteiger partial charge on any atom is 0.341 e. The Morgan fingerprint density at radius 2 is 1.90 bits per heavy atom. The fraction of sp³-hybridized carbons (Fsp3) is 0.250. The van der Waals surface area contributed by atoms with Gasteiger partial charge in [-0.05, 0) is 60.5 Å². The Morgan fingerprint density at radius 3 is 2.60 bits per heavy atom. The molecular weight excluding hydrogens is 537 g/mol. The smallest absolute Gasteiger partial charge is 0.341 e. The van der Waals surface area contributed by atoms with Crippen molar-refractivity contribution in [3.05, 3.63) is 101 Å². The topological polar surface area (TPSA) is 108 Å². The average Bonchev–Trinajstić information content (AvgIpc) is 3.32. The number of esters is 1. The fourth-order valence-electron chi connectivity index (χ4n) is 5.24. The SMILES string of the molecule is CCOC(=O)C1=CN(C(=O)c2ccc(F)cc2)CC(C)(C)c2c1[nH]c1cc(N(C)C(=O)NCc3cccnc3)ccc21. The van der Waals surface area contributed by atoms with Crippen molar-refractivity contribution >= 4 is 40.1 Å². The summed E-state index contributed by atoms with van der Waals surface area (Å²) in [7, 11) is 1.68. The molecule has 10 heteroatoms. The number of aromatic nitrogens is 2. The van der Waals surface area contributed by atoms with Gasteiger partial charge in [0.15, 0.2) is 0 Å². The molecule has 3 heterocycles. The summed E-state index contributed by atoms with van der Waals surface area (Å²) in [6, 6.07) is 14.3. The number of benzene rings is 2. The number of halogens is 1. The zero-order valence-corrected chi connectivity index (χ0v) is 23.9. The number of pyridine rings is 1. The summed E-state index contributed by atoms with van der Waals surface area (Å²) < 4.78 is 18.9. The molecule has 0 fully saturated rings. The monoisotopic (exact) mass is 569 g/mol. The number of hydrogen-bond acceptors (Lipinski definition) is 5. The van der Waals surface area contributed by atoms with Crippen molar-refractivity contribution in [3.63, 3.8) is 0 Å². The molecule has 0 aliphatic carbocycles. The molecule has 0 unspecified atom stereocenters. The molecule has 4 aromatic rings. The van der Waals surface area contributed by atoms with E-state index in [9.17, 15) is 18.8 Å². The molecule has 216 valence electrons. The van der Waals surface area contributed by atoms with Gasteiger partial charge in [0.2, 0.25) is 0 Å². The highest BCUT2D eigenvalue weighted by Crippen LogP contribution is 2.41. The first-order chi connectivity index (χ1) is 20.1. The lowest BCUT2D eigenvalue weighted by molar-refractivity contribution is -0.136. The van der Waals surface area contributed by atoms with Gasteiger partial charge in [-0.1, -0.05) is 26.0 Å². The number of aromatic amines is 1. The number of amides is 3. The van der Waals surface area contributed by atoms with Crippen LogP contribution in [0.3, 0.4) is 0 Å². The van der Waals surface area contributed by atoms with Crippen LogP contribution in [-0.2, 0) is 21.5 Å². The van der Waals surface area contributed by atoms with Gasteiger partial charge in [-0.3, -0.25) is 14.7 Å². The third-order valence-electron chi connectivity index (χ3n) is 7.28. The molecule has 2 aromatic carbocycles. The molecule has 0 bridgehead atoms. The highest BCUT2D eigenvalue weighted by Gasteiger charge is 2.37. The number of anilines is 1. The summed E-state index contributed by atoms with van der Waals surface area (Å²) >= 11 is 0. The largest absolute Gasteiger partial charge is 0.462 e. The molecule has 2 aromatic heterocycles. The molecule has 1 aliphatic rings. The Kier molecular flexibility index (Phi) is 7.80. The number of hydrogen-bond donors (Lipinski definition) is 2. The average molecular weight is 570 g/mol. The summed E-state index contributed by atoms with van der Waals surface area (Å²) in [6.07, 6.45) is 4.88. The maximum atomic E-state index is 13.5. The standard InChI is InChI=1S/C32H32FN5O4/c1-5-42-30(40)25-18-38(29(39)21-8-10-22(33)11-9-21)19-32(2,3)27-24-13-12-23(15-26(24)36-28(25)27)37(4)31(41)35-17-20-7-6-14-34-16-20/h6-16,18,36H,5,17,19H2,1-4H3,(H,35,41). The highest BCUT2D eigenvalue weighted by atomic mass is 19.1. The van der Waals surface area contributed by atoms with Gasteiger partial charge in [0.05, 0.1) is 17.9 Å². The van der Waals surface area contributed by atoms with E-state index in [1.807, 2.05) is 44.2 Å². The van der Waals surface area contributed by atoms with Crippen molar-refractivity contribution in [1.82, 2.24) is 20.2 Å². The summed E-state index contributed by atoms with van der Waals surface area (Å²) in [5.41, 5.74) is 3.55. The zero-order chi connectivity index (χ0) is 30.0. The Labute approximate surface area is 243 Å². The zero-order valence-electron chi connectivity index (χ0n) is 23.9. The van der Waals surface area contributed by atoms with Crippen molar-refractivity contribution in [2.24, 2.45) is 0 Å². The number of H-pyrrole nitrogens is 1. The molecule has 9 nitrogen and oxygen atoms in total. The van der Waals surface area contributed by atoms with Crippen LogP contribution in [0.2, 0.25) is 0 Å². The van der Waals surface area contributed by atoms with Crippen LogP contribution in [0.1, 0.15) is 48.0 Å².